The molecule has 1 fully saturated rings. The second kappa shape index (κ2) is 12.1. The summed E-state index contributed by atoms with van der Waals surface area (Å²) in [6.07, 6.45) is 1.15. The fraction of sp³-hybridized carbons (Fsp3) is 0.600. The third kappa shape index (κ3) is 7.79. The van der Waals surface area contributed by atoms with Gasteiger partial charge in [-0.05, 0) is 31.6 Å². The number of benzene rings is 1. The molecular formula is C20H32N4O3S. The Balaban J connectivity index is 1.75. The first kappa shape index (κ1) is 22.7. The Kier molecular flexibility index (Phi) is 9.77. The van der Waals surface area contributed by atoms with Gasteiger partial charge in [-0.1, -0.05) is 26.0 Å². The van der Waals surface area contributed by atoms with Gasteiger partial charge in [0, 0.05) is 24.5 Å². The summed E-state index contributed by atoms with van der Waals surface area (Å²) in [6, 6.07) is 7.45. The first-order valence-electron chi connectivity index (χ1n) is 9.88. The van der Waals surface area contributed by atoms with Crippen LogP contribution in [0.1, 0.15) is 20.3 Å². The number of hydrogen-bond acceptors (Lipinski definition) is 6. The lowest BCUT2D eigenvalue weighted by molar-refractivity contribution is -0.117. The zero-order valence-corrected chi connectivity index (χ0v) is 17.7. The molecule has 8 heteroatoms. The Morgan fingerprint density at radius 1 is 1.32 bits per heavy atom. The van der Waals surface area contributed by atoms with Crippen LogP contribution in [-0.2, 0) is 14.3 Å². The Morgan fingerprint density at radius 3 is 2.79 bits per heavy atom. The minimum atomic E-state index is -0.379. The van der Waals surface area contributed by atoms with Crippen LogP contribution in [0.25, 0.3) is 0 Å². The summed E-state index contributed by atoms with van der Waals surface area (Å²) < 4.78 is 5.98. The number of nitrogens with two attached hydrogens (primary N) is 1. The highest BCUT2D eigenvalue weighted by atomic mass is 32.2. The number of thioether (sulfide) groups is 1. The van der Waals surface area contributed by atoms with Crippen molar-refractivity contribution in [2.45, 2.75) is 31.3 Å². The lowest BCUT2D eigenvalue weighted by Crippen LogP contribution is -2.33. The van der Waals surface area contributed by atoms with Gasteiger partial charge in [-0.15, -0.1) is 11.8 Å². The van der Waals surface area contributed by atoms with Gasteiger partial charge < -0.3 is 20.7 Å². The molecule has 1 saturated heterocycles. The largest absolute Gasteiger partial charge is 0.376 e. The number of likely N-dealkylation sites (N-methyl/N-ethyl adjacent to an activating group) is 1. The van der Waals surface area contributed by atoms with Gasteiger partial charge in [-0.25, -0.2) is 0 Å². The quantitative estimate of drug-likeness (QED) is 0.511. The third-order valence-corrected chi connectivity index (χ3v) is 5.88. The van der Waals surface area contributed by atoms with Gasteiger partial charge in [0.25, 0.3) is 0 Å². The van der Waals surface area contributed by atoms with Crippen molar-refractivity contribution in [3.8, 4) is 0 Å². The van der Waals surface area contributed by atoms with Crippen LogP contribution in [0.4, 0.5) is 5.69 Å². The number of carbonyl (C=O) groups is 2. The third-order valence-electron chi connectivity index (χ3n) is 4.78. The number of nitrogens with zero attached hydrogens (tertiary/aromatic N) is 2. The summed E-state index contributed by atoms with van der Waals surface area (Å²) in [5.74, 6) is -0.253. The summed E-state index contributed by atoms with van der Waals surface area (Å²) >= 11 is 1.33. The normalized spacial score (nSPS) is 17.2. The van der Waals surface area contributed by atoms with Crippen molar-refractivity contribution in [2.75, 3.05) is 56.9 Å². The van der Waals surface area contributed by atoms with Crippen molar-refractivity contribution in [1.29, 1.82) is 0 Å². The van der Waals surface area contributed by atoms with E-state index in [0.29, 0.717) is 12.2 Å². The van der Waals surface area contributed by atoms with Gasteiger partial charge in [-0.3, -0.25) is 14.5 Å². The summed E-state index contributed by atoms with van der Waals surface area (Å²) in [4.78, 5) is 28.8. The van der Waals surface area contributed by atoms with Gasteiger partial charge in [0.05, 0.1) is 30.7 Å². The standard InChI is InChI=1S/C20H32N4O3S/c1-3-23(4-2)11-12-27-16-9-10-24(13-16)14-20(26)22-17-7-5-6-8-18(17)28-15-19(21)25/h5-8,16H,3-4,9-15H2,1-2H3,(H2,21,25)(H,22,26)/t16-/m1/s1. The van der Waals surface area contributed by atoms with Crippen LogP contribution in [0.15, 0.2) is 29.2 Å². The number of hydrogen-bond donors (Lipinski definition) is 2. The van der Waals surface area contributed by atoms with E-state index in [9.17, 15) is 9.59 Å². The van der Waals surface area contributed by atoms with Crippen LogP contribution < -0.4 is 11.1 Å². The number of carbonyl (C=O) groups excluding carboxylic acids is 2. The number of nitrogens with one attached hydrogen (secondary N) is 1. The summed E-state index contributed by atoms with van der Waals surface area (Å²) in [5, 5.41) is 2.95. The number of primary amides is 1. The van der Waals surface area contributed by atoms with Crippen LogP contribution in [0.2, 0.25) is 0 Å². The van der Waals surface area contributed by atoms with E-state index in [4.69, 9.17) is 10.5 Å². The molecular weight excluding hydrogens is 376 g/mol. The van der Waals surface area contributed by atoms with E-state index in [1.807, 2.05) is 24.3 Å². The summed E-state index contributed by atoms with van der Waals surface area (Å²) in [5.41, 5.74) is 5.93. The number of likely N-dealkylation sites (tertiary alicyclic amines) is 1. The summed E-state index contributed by atoms with van der Waals surface area (Å²) in [6.45, 7) is 10.1. The molecule has 28 heavy (non-hydrogen) atoms. The smallest absolute Gasteiger partial charge is 0.238 e. The molecule has 1 aliphatic heterocycles. The van der Waals surface area contributed by atoms with Gasteiger partial charge in [0.2, 0.25) is 11.8 Å². The van der Waals surface area contributed by atoms with E-state index in [1.54, 1.807) is 0 Å². The predicted molar refractivity (Wildman–Crippen MR) is 114 cm³/mol. The molecule has 1 aromatic rings. The van der Waals surface area contributed by atoms with Crippen molar-refractivity contribution in [3.05, 3.63) is 24.3 Å². The van der Waals surface area contributed by atoms with E-state index in [2.05, 4.69) is 29.0 Å². The molecule has 0 saturated carbocycles. The fourth-order valence-electron chi connectivity index (χ4n) is 3.20. The molecule has 3 N–H and O–H groups in total. The molecule has 0 radical (unpaired) electrons. The molecule has 7 nitrogen and oxygen atoms in total. The monoisotopic (exact) mass is 408 g/mol. The SMILES string of the molecule is CCN(CC)CCO[C@@H]1CCN(CC(=O)Nc2ccccc2SCC(N)=O)C1. The van der Waals surface area contributed by atoms with Gasteiger partial charge in [-0.2, -0.15) is 0 Å². The van der Waals surface area contributed by atoms with E-state index >= 15 is 0 Å². The molecule has 0 aromatic heterocycles. The van der Waals surface area contributed by atoms with Crippen molar-refractivity contribution < 1.29 is 14.3 Å². The van der Waals surface area contributed by atoms with Crippen LogP contribution >= 0.6 is 11.8 Å². The van der Waals surface area contributed by atoms with E-state index in [1.165, 1.54) is 11.8 Å². The van der Waals surface area contributed by atoms with E-state index in [-0.39, 0.29) is 23.7 Å². The highest BCUT2D eigenvalue weighted by molar-refractivity contribution is 8.00. The second-order valence-corrected chi connectivity index (χ2v) is 7.86. The van der Waals surface area contributed by atoms with Crippen LogP contribution in [0.5, 0.6) is 0 Å². The predicted octanol–water partition coefficient (Wildman–Crippen LogP) is 1.64. The molecule has 1 aliphatic rings. The lowest BCUT2D eigenvalue weighted by Gasteiger charge is -2.20. The highest BCUT2D eigenvalue weighted by Crippen LogP contribution is 2.26. The van der Waals surface area contributed by atoms with E-state index in [0.717, 1.165) is 50.6 Å². The zero-order valence-electron chi connectivity index (χ0n) is 16.9. The topological polar surface area (TPSA) is 87.9 Å². The lowest BCUT2D eigenvalue weighted by atomic mass is 10.3. The molecule has 1 aromatic carbocycles. The number of para-hydroxylation sites is 1. The minimum Gasteiger partial charge on any atom is -0.376 e. The Morgan fingerprint density at radius 2 is 2.07 bits per heavy atom. The molecule has 1 atom stereocenters. The average Bonchev–Trinajstić information content (AvgIpc) is 3.11. The van der Waals surface area contributed by atoms with Crippen LogP contribution in [0, 0.1) is 0 Å². The molecule has 156 valence electrons. The minimum absolute atomic E-state index is 0.0593. The fourth-order valence-corrected chi connectivity index (χ4v) is 3.95. The first-order chi connectivity index (χ1) is 13.5. The maximum atomic E-state index is 12.4. The van der Waals surface area contributed by atoms with Crippen molar-refractivity contribution >= 4 is 29.3 Å². The Hall–Kier alpha value is -1.61. The Bertz CT molecular complexity index is 640. The molecule has 1 heterocycles. The number of anilines is 1. The molecule has 2 amide bonds. The van der Waals surface area contributed by atoms with Gasteiger partial charge in [0.1, 0.15) is 0 Å². The van der Waals surface area contributed by atoms with Crippen LogP contribution in [0.3, 0.4) is 0 Å². The maximum Gasteiger partial charge on any atom is 0.238 e. The number of rotatable bonds is 12. The molecule has 0 bridgehead atoms. The van der Waals surface area contributed by atoms with Gasteiger partial charge >= 0.3 is 0 Å². The number of ether oxygens (including phenoxy) is 1. The first-order valence-corrected chi connectivity index (χ1v) is 10.9. The second-order valence-electron chi connectivity index (χ2n) is 6.84. The molecule has 0 aliphatic carbocycles. The molecule has 2 rings (SSSR count). The number of amides is 2. The van der Waals surface area contributed by atoms with Crippen LogP contribution in [-0.4, -0.2) is 79.3 Å². The molecule has 0 spiro atoms. The highest BCUT2D eigenvalue weighted by Gasteiger charge is 2.24. The average molecular weight is 409 g/mol. The zero-order chi connectivity index (χ0) is 20.4. The van der Waals surface area contributed by atoms with E-state index < -0.39 is 0 Å². The van der Waals surface area contributed by atoms with Crippen molar-refractivity contribution in [1.82, 2.24) is 9.80 Å². The Labute approximate surface area is 172 Å². The molecule has 0 unspecified atom stereocenters. The van der Waals surface area contributed by atoms with Gasteiger partial charge in [0.15, 0.2) is 0 Å². The van der Waals surface area contributed by atoms with Crippen molar-refractivity contribution in [3.63, 3.8) is 0 Å². The maximum absolute atomic E-state index is 12.4. The summed E-state index contributed by atoms with van der Waals surface area (Å²) in [7, 11) is 0. The van der Waals surface area contributed by atoms with Crippen molar-refractivity contribution in [2.24, 2.45) is 5.73 Å².